The average Bonchev–Trinajstić information content (AvgIpc) is 2.84. The van der Waals surface area contributed by atoms with Crippen molar-refractivity contribution in [2.24, 2.45) is 0 Å². The van der Waals surface area contributed by atoms with Crippen molar-refractivity contribution in [3.05, 3.63) is 98.8 Å². The van der Waals surface area contributed by atoms with Crippen molar-refractivity contribution in [2.45, 2.75) is 25.4 Å². The third-order valence-corrected chi connectivity index (χ3v) is 6.90. The highest BCUT2D eigenvalue weighted by Gasteiger charge is 2.30. The largest absolute Gasteiger partial charge is 0.416 e. The highest BCUT2D eigenvalue weighted by atomic mass is 35.5. The van der Waals surface area contributed by atoms with Gasteiger partial charge in [-0.3, -0.25) is 9.69 Å². The van der Waals surface area contributed by atoms with Gasteiger partial charge in [-0.15, -0.1) is 0 Å². The zero-order chi connectivity index (χ0) is 24.6. The number of H-pyrrole nitrogens is 1. The summed E-state index contributed by atoms with van der Waals surface area (Å²) in [6, 6.07) is 17.0. The second-order valence-electron chi connectivity index (χ2n) is 8.98. The second kappa shape index (κ2) is 9.51. The van der Waals surface area contributed by atoms with Gasteiger partial charge in [-0.2, -0.15) is 13.2 Å². The van der Waals surface area contributed by atoms with Gasteiger partial charge in [0.15, 0.2) is 0 Å². The van der Waals surface area contributed by atoms with Gasteiger partial charge in [0.25, 0.3) is 5.56 Å². The van der Waals surface area contributed by atoms with Crippen LogP contribution in [0.15, 0.2) is 71.5 Å². The first-order chi connectivity index (χ1) is 16.8. The van der Waals surface area contributed by atoms with Crippen LogP contribution in [0.5, 0.6) is 0 Å². The van der Waals surface area contributed by atoms with Crippen LogP contribution in [0.4, 0.5) is 13.2 Å². The molecular weight excluding hydrogens is 473 g/mol. The fourth-order valence-electron chi connectivity index (χ4n) is 4.76. The molecule has 0 radical (unpaired) electrons. The molecule has 4 aromatic rings. The number of aromatic amines is 1. The number of hydrogen-bond acceptors (Lipinski definition) is 2. The summed E-state index contributed by atoms with van der Waals surface area (Å²) in [6.07, 6.45) is 0.538. The number of rotatable bonds is 5. The van der Waals surface area contributed by atoms with Crippen LogP contribution < -0.4 is 5.56 Å². The predicted octanol–water partition coefficient (Wildman–Crippen LogP) is 7.08. The van der Waals surface area contributed by atoms with E-state index in [1.807, 2.05) is 12.1 Å². The summed E-state index contributed by atoms with van der Waals surface area (Å²) < 4.78 is 38.4. The predicted molar refractivity (Wildman–Crippen MR) is 136 cm³/mol. The van der Waals surface area contributed by atoms with Gasteiger partial charge in [-0.05, 0) is 84.3 Å². The minimum Gasteiger partial charge on any atom is -0.321 e. The summed E-state index contributed by atoms with van der Waals surface area (Å²) >= 11 is 6.08. The summed E-state index contributed by atoms with van der Waals surface area (Å²) in [6.45, 7) is 2.62. The maximum atomic E-state index is 12.8. The fourth-order valence-corrected chi connectivity index (χ4v) is 4.94. The van der Waals surface area contributed by atoms with E-state index in [1.54, 1.807) is 24.3 Å². The summed E-state index contributed by atoms with van der Waals surface area (Å²) in [5, 5.41) is 3.03. The van der Waals surface area contributed by atoms with Gasteiger partial charge in [0, 0.05) is 34.4 Å². The molecule has 7 heteroatoms. The van der Waals surface area contributed by atoms with Crippen molar-refractivity contribution in [2.75, 3.05) is 19.6 Å². The molecule has 35 heavy (non-hydrogen) atoms. The number of halogens is 4. The van der Waals surface area contributed by atoms with E-state index in [4.69, 9.17) is 11.6 Å². The molecule has 5 rings (SSSR count). The van der Waals surface area contributed by atoms with Gasteiger partial charge in [0.05, 0.1) is 5.56 Å². The molecule has 0 fully saturated rings. The minimum atomic E-state index is -4.31. The Morgan fingerprint density at radius 3 is 2.46 bits per heavy atom. The molecule has 0 aliphatic carbocycles. The van der Waals surface area contributed by atoms with Crippen LogP contribution in [0.2, 0.25) is 5.02 Å². The van der Waals surface area contributed by atoms with Gasteiger partial charge in [-0.25, -0.2) is 0 Å². The van der Waals surface area contributed by atoms with Gasteiger partial charge >= 0.3 is 6.18 Å². The topological polar surface area (TPSA) is 36.1 Å². The molecule has 0 spiro atoms. The Kier molecular flexibility index (Phi) is 6.43. The van der Waals surface area contributed by atoms with Crippen molar-refractivity contribution in [1.29, 1.82) is 0 Å². The molecule has 0 saturated heterocycles. The van der Waals surface area contributed by atoms with Crippen LogP contribution >= 0.6 is 11.6 Å². The lowest BCUT2D eigenvalue weighted by Gasteiger charge is -2.26. The third-order valence-electron chi connectivity index (χ3n) is 6.66. The van der Waals surface area contributed by atoms with Crippen molar-refractivity contribution in [3.63, 3.8) is 0 Å². The number of alkyl halides is 3. The Labute approximate surface area is 205 Å². The van der Waals surface area contributed by atoms with Crippen LogP contribution in [0.25, 0.3) is 27.2 Å². The molecule has 1 N–H and O–H groups in total. The van der Waals surface area contributed by atoms with E-state index in [2.05, 4.69) is 28.1 Å². The van der Waals surface area contributed by atoms with Gasteiger partial charge in [-0.1, -0.05) is 41.9 Å². The van der Waals surface area contributed by atoms with E-state index in [0.29, 0.717) is 10.4 Å². The van der Waals surface area contributed by atoms with E-state index in [0.717, 1.165) is 78.5 Å². The Morgan fingerprint density at radius 2 is 1.74 bits per heavy atom. The number of pyridine rings is 1. The molecule has 180 valence electrons. The normalized spacial score (nSPS) is 15.0. The van der Waals surface area contributed by atoms with Gasteiger partial charge in [0.1, 0.15) is 0 Å². The first-order valence-electron chi connectivity index (χ1n) is 11.6. The quantitative estimate of drug-likeness (QED) is 0.300. The number of nitrogens with zero attached hydrogens (tertiary/aromatic N) is 1. The van der Waals surface area contributed by atoms with E-state index in [1.165, 1.54) is 5.56 Å². The molecule has 1 aromatic heterocycles. The zero-order valence-electron chi connectivity index (χ0n) is 19.0. The highest BCUT2D eigenvalue weighted by molar-refractivity contribution is 6.31. The highest BCUT2D eigenvalue weighted by Crippen LogP contribution is 2.31. The lowest BCUT2D eigenvalue weighted by molar-refractivity contribution is -0.137. The van der Waals surface area contributed by atoms with Gasteiger partial charge in [0.2, 0.25) is 0 Å². The maximum Gasteiger partial charge on any atom is 0.416 e. The Bertz CT molecular complexity index is 1470. The number of fused-ring (bicyclic) bond motifs is 3. The number of aromatic nitrogens is 1. The molecule has 0 unspecified atom stereocenters. The number of benzene rings is 3. The van der Waals surface area contributed by atoms with Gasteiger partial charge < -0.3 is 4.98 Å². The Hall–Kier alpha value is -3.09. The average molecular weight is 497 g/mol. The van der Waals surface area contributed by atoms with Crippen LogP contribution in [0, 0.1) is 0 Å². The van der Waals surface area contributed by atoms with E-state index in [-0.39, 0.29) is 5.56 Å². The van der Waals surface area contributed by atoms with Crippen molar-refractivity contribution in [3.8, 4) is 0 Å². The summed E-state index contributed by atoms with van der Waals surface area (Å²) in [5.41, 5.74) is 3.22. The minimum absolute atomic E-state index is 0.142. The van der Waals surface area contributed by atoms with E-state index < -0.39 is 11.7 Å². The van der Waals surface area contributed by atoms with E-state index >= 15 is 0 Å². The molecule has 2 heterocycles. The van der Waals surface area contributed by atoms with Crippen molar-refractivity contribution in [1.82, 2.24) is 9.88 Å². The van der Waals surface area contributed by atoms with Crippen LogP contribution in [0.1, 0.15) is 29.5 Å². The monoisotopic (exact) mass is 496 g/mol. The Morgan fingerprint density at radius 1 is 0.943 bits per heavy atom. The molecule has 3 nitrogen and oxygen atoms in total. The van der Waals surface area contributed by atoms with E-state index in [9.17, 15) is 18.0 Å². The summed E-state index contributed by atoms with van der Waals surface area (Å²) in [7, 11) is 0. The molecular formula is C28H24ClF3N2O. The standard InChI is InChI=1S/C28H24ClF3N2O/c29-22-8-9-23-24-16-18(3-10-26(24)33-27(35)25(23)17-22)2-1-13-34-14-11-20(12-15-34)19-4-6-21(7-5-19)28(30,31)32/h3-11,16-17H,1-2,12-15H2,(H,33,35). The smallest absolute Gasteiger partial charge is 0.321 e. The maximum absolute atomic E-state index is 12.8. The first-order valence-corrected chi connectivity index (χ1v) is 12.0. The summed E-state index contributed by atoms with van der Waals surface area (Å²) in [4.78, 5) is 17.7. The third kappa shape index (κ3) is 5.14. The van der Waals surface area contributed by atoms with Crippen molar-refractivity contribution < 1.29 is 13.2 Å². The zero-order valence-corrected chi connectivity index (χ0v) is 19.7. The van der Waals surface area contributed by atoms with Crippen LogP contribution in [-0.4, -0.2) is 29.5 Å². The molecule has 3 aromatic carbocycles. The Balaban J connectivity index is 1.22. The van der Waals surface area contributed by atoms with Crippen LogP contribution in [0.3, 0.4) is 0 Å². The lowest BCUT2D eigenvalue weighted by atomic mass is 9.98. The molecule has 0 saturated carbocycles. The number of hydrogen-bond donors (Lipinski definition) is 1. The first kappa shape index (κ1) is 23.6. The number of aryl methyl sites for hydroxylation is 1. The molecule has 1 aliphatic rings. The SMILES string of the molecule is O=c1[nH]c2ccc(CCCN3CC=C(c4ccc(C(F)(F)F)cc4)CC3)cc2c2ccc(Cl)cc12. The number of nitrogens with one attached hydrogen (secondary N) is 1. The fraction of sp³-hybridized carbons (Fsp3) is 0.250. The lowest BCUT2D eigenvalue weighted by Crippen LogP contribution is -2.29. The van der Waals surface area contributed by atoms with Crippen LogP contribution in [-0.2, 0) is 12.6 Å². The molecule has 0 bridgehead atoms. The van der Waals surface area contributed by atoms with Crippen molar-refractivity contribution >= 4 is 38.8 Å². The summed E-state index contributed by atoms with van der Waals surface area (Å²) in [5.74, 6) is 0. The second-order valence-corrected chi connectivity index (χ2v) is 9.42. The molecule has 1 aliphatic heterocycles. The molecule has 0 atom stereocenters. The molecule has 0 amide bonds.